The minimum absolute atomic E-state index is 0.255. The van der Waals surface area contributed by atoms with Gasteiger partial charge in [-0.15, -0.1) is 0 Å². The van der Waals surface area contributed by atoms with Crippen molar-refractivity contribution < 1.29 is 37.8 Å². The Morgan fingerprint density at radius 1 is 0.551 bits per heavy atom. The number of anilines is 2. The maximum Gasteiger partial charge on any atom is 0.496 e. The molecule has 5 aliphatic rings. The Hall–Kier alpha value is -6.60. The summed E-state index contributed by atoms with van der Waals surface area (Å²) < 4.78 is 35.0. The third-order valence-electron chi connectivity index (χ3n) is 16.4. The van der Waals surface area contributed by atoms with E-state index >= 15 is 0 Å². The van der Waals surface area contributed by atoms with Crippen molar-refractivity contribution >= 4 is 68.5 Å². The van der Waals surface area contributed by atoms with E-state index in [0.717, 1.165) is 52.2 Å². The molecule has 12 heteroatoms. The van der Waals surface area contributed by atoms with Crippen LogP contribution in [0.4, 0.5) is 11.4 Å². The Labute approximate surface area is 470 Å². The molecule has 2 saturated carbocycles. The first-order chi connectivity index (χ1) is 37.6. The Balaban J connectivity index is 0.000000148. The van der Waals surface area contributed by atoms with Gasteiger partial charge in [0.15, 0.2) is 0 Å². The lowest BCUT2D eigenvalue weighted by atomic mass is 9.78. The molecular formula is C66H74BBrN2O8. The number of allylic oxidation sites excluding steroid dienone is 4. The molecule has 6 aromatic rings. The maximum absolute atomic E-state index is 12.1. The number of nitrogens with two attached hydrogens (primary N) is 2. The molecule has 0 amide bonds. The standard InChI is InChI=1S/C30H31NO3.C19H24BNO3.C17H19BrO2/c1-33-30(32)22-12-14-25-23(16-22)17-27(29(25)21-10-6-3-7-11-21)26-15-13-24(18-28(26)31)34-19-20-8-4-2-5-9-20;1-18(2)19(3,4)24-20(23-18)16-11-10-15(12-17(16)21)22-13-14-8-6-5-7-9-14;1-20-17(19)12-7-8-14-13(9-12)10-15(18)16(14)11-5-3-2-4-6-11/h2,4-5,8-9,12-16,18,21H,3,6-7,10-11,17,19,31H2,1H3;5-12H,13,21H2,1-4H3;7-9,11H,2-6,10H2,1H3. The smallest absolute Gasteiger partial charge is 0.489 e. The Morgan fingerprint density at radius 3 is 1.49 bits per heavy atom. The van der Waals surface area contributed by atoms with Gasteiger partial charge in [0.1, 0.15) is 24.7 Å². The summed E-state index contributed by atoms with van der Waals surface area (Å²) in [6.45, 7) is 9.13. The van der Waals surface area contributed by atoms with Crippen LogP contribution in [-0.2, 0) is 44.8 Å². The number of halogens is 1. The van der Waals surface area contributed by atoms with Gasteiger partial charge in [0.2, 0.25) is 0 Å². The van der Waals surface area contributed by atoms with Crippen LogP contribution in [0, 0.1) is 11.8 Å². The Bertz CT molecular complexity index is 3140. The van der Waals surface area contributed by atoms with Crippen LogP contribution in [0.5, 0.6) is 11.5 Å². The summed E-state index contributed by atoms with van der Waals surface area (Å²) in [5.74, 6) is 2.17. The highest BCUT2D eigenvalue weighted by atomic mass is 79.9. The summed E-state index contributed by atoms with van der Waals surface area (Å²) in [5.41, 5.74) is 28.0. The monoisotopic (exact) mass is 1110 g/mol. The zero-order valence-corrected chi connectivity index (χ0v) is 47.7. The molecule has 0 radical (unpaired) electrons. The molecule has 6 aromatic carbocycles. The fourth-order valence-electron chi connectivity index (χ4n) is 11.5. The van der Waals surface area contributed by atoms with Gasteiger partial charge >= 0.3 is 19.1 Å². The third-order valence-corrected chi connectivity index (χ3v) is 17.1. The lowest BCUT2D eigenvalue weighted by Gasteiger charge is -2.32. The van der Waals surface area contributed by atoms with Gasteiger partial charge in [0.05, 0.1) is 36.5 Å². The van der Waals surface area contributed by atoms with Crippen molar-refractivity contribution in [3.8, 4) is 11.5 Å². The van der Waals surface area contributed by atoms with Gasteiger partial charge < -0.3 is 39.7 Å². The number of hydrogen-bond donors (Lipinski definition) is 2. The number of rotatable bonds is 12. The SMILES string of the molecule is CC1(C)OB(c2ccc(OCc3ccccc3)cc2N)OC1(C)C.COC(=O)c1ccc2c(c1)CC(Br)=C2C1CCCCC1.COC(=O)c1ccc2c(c1)CC(c1ccc(OCc3ccccc3)cc1N)=C2C1CCCCC1. The number of carbonyl (C=O) groups excluding carboxylic acids is 2. The zero-order valence-electron chi connectivity index (χ0n) is 46.1. The van der Waals surface area contributed by atoms with Crippen molar-refractivity contribution in [1.82, 2.24) is 0 Å². The van der Waals surface area contributed by atoms with Crippen molar-refractivity contribution in [3.05, 3.63) is 188 Å². The van der Waals surface area contributed by atoms with E-state index in [9.17, 15) is 9.59 Å². The van der Waals surface area contributed by atoms with Crippen molar-refractivity contribution in [2.75, 3.05) is 25.7 Å². The van der Waals surface area contributed by atoms with Crippen LogP contribution < -0.4 is 26.4 Å². The molecular weight excluding hydrogens is 1040 g/mol. The van der Waals surface area contributed by atoms with Crippen molar-refractivity contribution in [2.24, 2.45) is 11.8 Å². The average Bonchev–Trinajstić information content (AvgIpc) is 4.08. The van der Waals surface area contributed by atoms with E-state index in [2.05, 4.69) is 46.3 Å². The molecule has 1 heterocycles. The number of benzene rings is 6. The van der Waals surface area contributed by atoms with Crippen molar-refractivity contribution in [1.29, 1.82) is 0 Å². The molecule has 0 spiro atoms. The molecule has 78 heavy (non-hydrogen) atoms. The van der Waals surface area contributed by atoms with E-state index in [1.807, 2.05) is 131 Å². The molecule has 3 fully saturated rings. The highest BCUT2D eigenvalue weighted by molar-refractivity contribution is 9.11. The first kappa shape index (κ1) is 56.1. The van der Waals surface area contributed by atoms with Crippen LogP contribution in [0.2, 0.25) is 0 Å². The lowest BCUT2D eigenvalue weighted by molar-refractivity contribution is 0.00578. The summed E-state index contributed by atoms with van der Waals surface area (Å²) in [6, 6.07) is 43.8. The Morgan fingerprint density at radius 2 is 1.00 bits per heavy atom. The molecule has 1 saturated heterocycles. The molecule has 10 nitrogen and oxygen atoms in total. The maximum atomic E-state index is 12.1. The fraction of sp³-hybridized carbons (Fsp3) is 0.364. The quantitative estimate of drug-likeness (QED) is 0.0691. The normalized spacial score (nSPS) is 17.5. The zero-order chi connectivity index (χ0) is 55.0. The topological polar surface area (TPSA) is 142 Å². The predicted molar refractivity (Wildman–Crippen MR) is 318 cm³/mol. The first-order valence-corrected chi connectivity index (χ1v) is 28.5. The van der Waals surface area contributed by atoms with Gasteiger partial charge in [0.25, 0.3) is 0 Å². The average molecular weight is 1110 g/mol. The van der Waals surface area contributed by atoms with Crippen LogP contribution in [0.1, 0.15) is 152 Å². The number of fused-ring (bicyclic) bond motifs is 2. The van der Waals surface area contributed by atoms with E-state index in [-0.39, 0.29) is 23.1 Å². The molecule has 0 aromatic heterocycles. The largest absolute Gasteiger partial charge is 0.496 e. The van der Waals surface area contributed by atoms with Gasteiger partial charge in [-0.2, -0.15) is 0 Å². The molecule has 0 unspecified atom stereocenters. The van der Waals surface area contributed by atoms with Crippen molar-refractivity contribution in [3.63, 3.8) is 0 Å². The van der Waals surface area contributed by atoms with E-state index < -0.39 is 7.12 Å². The minimum Gasteiger partial charge on any atom is -0.489 e. The van der Waals surface area contributed by atoms with E-state index in [4.69, 9.17) is 39.7 Å². The summed E-state index contributed by atoms with van der Waals surface area (Å²) in [6.07, 6.45) is 14.6. The van der Waals surface area contributed by atoms with Gasteiger partial charge in [-0.05, 0) is 164 Å². The molecule has 4 aliphatic carbocycles. The second-order valence-electron chi connectivity index (χ2n) is 22.1. The van der Waals surface area contributed by atoms with Crippen molar-refractivity contribution in [2.45, 2.75) is 129 Å². The van der Waals surface area contributed by atoms with Crippen LogP contribution >= 0.6 is 15.9 Å². The Kier molecular flexibility index (Phi) is 18.0. The highest BCUT2D eigenvalue weighted by Crippen LogP contribution is 2.49. The lowest BCUT2D eigenvalue weighted by Crippen LogP contribution is -2.41. The highest BCUT2D eigenvalue weighted by Gasteiger charge is 2.52. The minimum atomic E-state index is -0.460. The number of methoxy groups -OCH3 is 2. The predicted octanol–water partition coefficient (Wildman–Crippen LogP) is 14.5. The number of carbonyl (C=O) groups is 2. The summed E-state index contributed by atoms with van der Waals surface area (Å²) >= 11 is 3.76. The number of nitrogen functional groups attached to an aromatic ring is 2. The van der Waals surface area contributed by atoms with Gasteiger partial charge in [0, 0.05) is 45.4 Å². The molecule has 1 aliphatic heterocycles. The van der Waals surface area contributed by atoms with Crippen LogP contribution in [-0.4, -0.2) is 44.5 Å². The van der Waals surface area contributed by atoms with E-state index in [1.165, 1.54) is 122 Å². The van der Waals surface area contributed by atoms with Gasteiger partial charge in [-0.25, -0.2) is 9.59 Å². The summed E-state index contributed by atoms with van der Waals surface area (Å²) in [5, 5.41) is 0. The van der Waals surface area contributed by atoms with Crippen LogP contribution in [0.25, 0.3) is 16.7 Å². The molecule has 11 rings (SSSR count). The molecule has 4 N–H and O–H groups in total. The fourth-order valence-corrected chi connectivity index (χ4v) is 12.3. The van der Waals surface area contributed by atoms with Crippen LogP contribution in [0.3, 0.4) is 0 Å². The first-order valence-electron chi connectivity index (χ1n) is 27.7. The molecule has 0 bridgehead atoms. The van der Waals surface area contributed by atoms with Crippen LogP contribution in [0.15, 0.2) is 138 Å². The third kappa shape index (κ3) is 12.9. The number of esters is 2. The second kappa shape index (κ2) is 25.0. The van der Waals surface area contributed by atoms with E-state index in [1.54, 1.807) is 0 Å². The number of hydrogen-bond acceptors (Lipinski definition) is 10. The number of ether oxygens (including phenoxy) is 4. The van der Waals surface area contributed by atoms with Gasteiger partial charge in [-0.3, -0.25) is 0 Å². The second-order valence-corrected chi connectivity index (χ2v) is 23.1. The molecule has 406 valence electrons. The van der Waals surface area contributed by atoms with E-state index in [0.29, 0.717) is 41.9 Å². The van der Waals surface area contributed by atoms with Gasteiger partial charge in [-0.1, -0.05) is 133 Å². The molecule has 0 atom stereocenters. The summed E-state index contributed by atoms with van der Waals surface area (Å²) in [4.78, 5) is 23.8. The summed E-state index contributed by atoms with van der Waals surface area (Å²) in [7, 11) is 2.39.